The van der Waals surface area contributed by atoms with Crippen LogP contribution in [0.3, 0.4) is 0 Å². The van der Waals surface area contributed by atoms with Crippen LogP contribution in [-0.4, -0.2) is 49.7 Å². The summed E-state index contributed by atoms with van der Waals surface area (Å²) in [7, 11) is 0. The van der Waals surface area contributed by atoms with Crippen molar-refractivity contribution < 1.29 is 19.1 Å². The summed E-state index contributed by atoms with van der Waals surface area (Å²) in [4.78, 5) is 29.4. The summed E-state index contributed by atoms with van der Waals surface area (Å²) >= 11 is 0. The SMILES string of the molecule is CC(C)c1nc(C(=O)N2CCC(C(=O)O)C2)nn1-c1ccccc1F. The molecular weight excluding hydrogens is 327 g/mol. The number of rotatable bonds is 4. The first-order valence-electron chi connectivity index (χ1n) is 8.12. The van der Waals surface area contributed by atoms with Gasteiger partial charge in [0.05, 0.1) is 5.92 Å². The lowest BCUT2D eigenvalue weighted by molar-refractivity contribution is -0.141. The van der Waals surface area contributed by atoms with Crippen LogP contribution in [0.5, 0.6) is 0 Å². The maximum absolute atomic E-state index is 14.1. The lowest BCUT2D eigenvalue weighted by atomic mass is 10.1. The van der Waals surface area contributed by atoms with Crippen LogP contribution in [0.1, 0.15) is 42.6 Å². The van der Waals surface area contributed by atoms with Crippen molar-refractivity contribution in [2.75, 3.05) is 13.1 Å². The van der Waals surface area contributed by atoms with Gasteiger partial charge >= 0.3 is 5.97 Å². The van der Waals surface area contributed by atoms with Crippen molar-refractivity contribution in [1.29, 1.82) is 0 Å². The van der Waals surface area contributed by atoms with Gasteiger partial charge in [0, 0.05) is 19.0 Å². The highest BCUT2D eigenvalue weighted by Gasteiger charge is 2.33. The second-order valence-electron chi connectivity index (χ2n) is 6.39. The van der Waals surface area contributed by atoms with Gasteiger partial charge in [0.1, 0.15) is 17.3 Å². The van der Waals surface area contributed by atoms with Crippen LogP contribution in [0.2, 0.25) is 0 Å². The van der Waals surface area contributed by atoms with E-state index >= 15 is 0 Å². The molecule has 1 aliphatic rings. The highest BCUT2D eigenvalue weighted by Crippen LogP contribution is 2.22. The minimum Gasteiger partial charge on any atom is -0.481 e. The Labute approximate surface area is 144 Å². The first kappa shape index (κ1) is 17.1. The Morgan fingerprint density at radius 2 is 2.04 bits per heavy atom. The fourth-order valence-electron chi connectivity index (χ4n) is 2.88. The Kier molecular flexibility index (Phi) is 4.52. The van der Waals surface area contributed by atoms with Crippen molar-refractivity contribution in [3.8, 4) is 5.69 Å². The first-order chi connectivity index (χ1) is 11.9. The van der Waals surface area contributed by atoms with E-state index in [4.69, 9.17) is 5.11 Å². The molecule has 1 fully saturated rings. The first-order valence-corrected chi connectivity index (χ1v) is 8.12. The molecule has 1 aromatic carbocycles. The largest absolute Gasteiger partial charge is 0.481 e. The van der Waals surface area contributed by atoms with Crippen molar-refractivity contribution in [2.24, 2.45) is 5.92 Å². The Hall–Kier alpha value is -2.77. The molecule has 0 aliphatic carbocycles. The number of hydrogen-bond donors (Lipinski definition) is 1. The van der Waals surface area contributed by atoms with Gasteiger partial charge in [0.15, 0.2) is 0 Å². The van der Waals surface area contributed by atoms with E-state index in [2.05, 4.69) is 10.1 Å². The summed E-state index contributed by atoms with van der Waals surface area (Å²) in [6, 6.07) is 6.15. The van der Waals surface area contributed by atoms with E-state index < -0.39 is 23.6 Å². The number of carbonyl (C=O) groups is 2. The van der Waals surface area contributed by atoms with Gasteiger partial charge in [-0.15, -0.1) is 5.10 Å². The third-order valence-corrected chi connectivity index (χ3v) is 4.25. The molecule has 1 saturated heterocycles. The van der Waals surface area contributed by atoms with Gasteiger partial charge in [-0.3, -0.25) is 9.59 Å². The summed E-state index contributed by atoms with van der Waals surface area (Å²) in [6.07, 6.45) is 0.409. The van der Waals surface area contributed by atoms with E-state index in [1.54, 1.807) is 18.2 Å². The Balaban J connectivity index is 1.94. The van der Waals surface area contributed by atoms with Crippen LogP contribution in [-0.2, 0) is 4.79 Å². The Morgan fingerprint density at radius 1 is 1.32 bits per heavy atom. The quantitative estimate of drug-likeness (QED) is 0.916. The van der Waals surface area contributed by atoms with Gasteiger partial charge in [-0.2, -0.15) is 0 Å². The second-order valence-corrected chi connectivity index (χ2v) is 6.39. The van der Waals surface area contributed by atoms with E-state index in [1.807, 2.05) is 13.8 Å². The zero-order chi connectivity index (χ0) is 18.1. The topological polar surface area (TPSA) is 88.3 Å². The van der Waals surface area contributed by atoms with Crippen molar-refractivity contribution in [2.45, 2.75) is 26.2 Å². The fraction of sp³-hybridized carbons (Fsp3) is 0.412. The van der Waals surface area contributed by atoms with Gasteiger partial charge < -0.3 is 10.0 Å². The molecule has 132 valence electrons. The van der Waals surface area contributed by atoms with Crippen LogP contribution in [0.4, 0.5) is 4.39 Å². The zero-order valence-corrected chi connectivity index (χ0v) is 14.0. The molecule has 1 aromatic heterocycles. The molecule has 2 heterocycles. The maximum atomic E-state index is 14.1. The molecule has 8 heteroatoms. The van der Waals surface area contributed by atoms with Gasteiger partial charge in [-0.05, 0) is 18.6 Å². The molecule has 1 atom stereocenters. The predicted molar refractivity (Wildman–Crippen MR) is 87.1 cm³/mol. The number of benzene rings is 1. The molecular formula is C17H19FN4O3. The normalized spacial score (nSPS) is 17.3. The minimum absolute atomic E-state index is 0.0435. The number of halogens is 1. The summed E-state index contributed by atoms with van der Waals surface area (Å²) in [5.74, 6) is -2.01. The number of likely N-dealkylation sites (tertiary alicyclic amines) is 1. The maximum Gasteiger partial charge on any atom is 0.308 e. The third kappa shape index (κ3) is 3.24. The number of hydrogen-bond acceptors (Lipinski definition) is 4. The second kappa shape index (κ2) is 6.62. The number of carbonyl (C=O) groups excluding carboxylic acids is 1. The number of aliphatic carboxylic acids is 1. The average molecular weight is 346 g/mol. The Morgan fingerprint density at radius 3 is 2.64 bits per heavy atom. The summed E-state index contributed by atoms with van der Waals surface area (Å²) in [6.45, 7) is 4.25. The monoisotopic (exact) mass is 346 g/mol. The molecule has 1 aliphatic heterocycles. The number of carboxylic acid groups (broad SMARTS) is 1. The molecule has 1 amide bonds. The summed E-state index contributed by atoms with van der Waals surface area (Å²) in [5, 5.41) is 13.3. The molecule has 7 nitrogen and oxygen atoms in total. The van der Waals surface area contributed by atoms with Crippen LogP contribution >= 0.6 is 0 Å². The van der Waals surface area contributed by atoms with E-state index in [9.17, 15) is 14.0 Å². The highest BCUT2D eigenvalue weighted by molar-refractivity contribution is 5.91. The van der Waals surface area contributed by atoms with E-state index in [-0.39, 0.29) is 24.0 Å². The van der Waals surface area contributed by atoms with E-state index in [1.165, 1.54) is 15.6 Å². The van der Waals surface area contributed by atoms with Gasteiger partial charge in [-0.25, -0.2) is 14.1 Å². The number of aromatic nitrogens is 3. The predicted octanol–water partition coefficient (Wildman–Crippen LogP) is 2.08. The molecule has 1 unspecified atom stereocenters. The van der Waals surface area contributed by atoms with E-state index in [0.29, 0.717) is 18.8 Å². The highest BCUT2D eigenvalue weighted by atomic mass is 19.1. The number of para-hydroxylation sites is 1. The van der Waals surface area contributed by atoms with Gasteiger partial charge in [0.2, 0.25) is 5.82 Å². The zero-order valence-electron chi connectivity index (χ0n) is 14.0. The molecule has 0 spiro atoms. The van der Waals surface area contributed by atoms with Crippen LogP contribution in [0, 0.1) is 11.7 Å². The third-order valence-electron chi connectivity index (χ3n) is 4.25. The smallest absolute Gasteiger partial charge is 0.308 e. The molecule has 0 bridgehead atoms. The molecule has 25 heavy (non-hydrogen) atoms. The molecule has 0 radical (unpaired) electrons. The lowest BCUT2D eigenvalue weighted by Gasteiger charge is -2.13. The van der Waals surface area contributed by atoms with Crippen molar-refractivity contribution in [3.63, 3.8) is 0 Å². The lowest BCUT2D eigenvalue weighted by Crippen LogP contribution is -2.30. The van der Waals surface area contributed by atoms with Crippen LogP contribution < -0.4 is 0 Å². The number of nitrogens with zero attached hydrogens (tertiary/aromatic N) is 4. The summed E-state index contributed by atoms with van der Waals surface area (Å²) < 4.78 is 15.5. The number of amides is 1. The van der Waals surface area contributed by atoms with Crippen molar-refractivity contribution >= 4 is 11.9 Å². The Bertz CT molecular complexity index is 818. The molecule has 2 aromatic rings. The van der Waals surface area contributed by atoms with Gasteiger partial charge in [0.25, 0.3) is 5.91 Å². The molecule has 3 rings (SSSR count). The minimum atomic E-state index is -0.914. The average Bonchev–Trinajstić information content (AvgIpc) is 3.22. The molecule has 1 N–H and O–H groups in total. The van der Waals surface area contributed by atoms with Crippen molar-refractivity contribution in [3.05, 3.63) is 41.7 Å². The van der Waals surface area contributed by atoms with Crippen LogP contribution in [0.15, 0.2) is 24.3 Å². The summed E-state index contributed by atoms with van der Waals surface area (Å²) in [5.41, 5.74) is 0.225. The van der Waals surface area contributed by atoms with Gasteiger partial charge in [-0.1, -0.05) is 26.0 Å². The number of carboxylic acids is 1. The molecule has 0 saturated carbocycles. The fourth-order valence-corrected chi connectivity index (χ4v) is 2.88. The van der Waals surface area contributed by atoms with E-state index in [0.717, 1.165) is 0 Å². The van der Waals surface area contributed by atoms with Crippen molar-refractivity contribution in [1.82, 2.24) is 19.7 Å². The standard InChI is InChI=1S/C17H19FN4O3/c1-10(2)15-19-14(16(23)21-8-7-11(9-21)17(24)25)20-22(15)13-6-4-3-5-12(13)18/h3-6,10-11H,7-9H2,1-2H3,(H,24,25). The van der Waals surface area contributed by atoms with Crippen LogP contribution in [0.25, 0.3) is 5.69 Å².